The van der Waals surface area contributed by atoms with Crippen molar-refractivity contribution in [1.29, 1.82) is 0 Å². The third-order valence-corrected chi connectivity index (χ3v) is 3.03. The third-order valence-electron chi connectivity index (χ3n) is 3.03. The van der Waals surface area contributed by atoms with Gasteiger partial charge in [-0.25, -0.2) is 4.79 Å². The molecule has 0 aromatic heterocycles. The van der Waals surface area contributed by atoms with Crippen LogP contribution in [-0.4, -0.2) is 37.2 Å². The van der Waals surface area contributed by atoms with Gasteiger partial charge in [0.05, 0.1) is 6.10 Å². The van der Waals surface area contributed by atoms with Gasteiger partial charge in [-0.15, -0.1) is 0 Å². The van der Waals surface area contributed by atoms with Gasteiger partial charge in [0.25, 0.3) is 0 Å². The van der Waals surface area contributed by atoms with E-state index in [1.165, 1.54) is 0 Å². The summed E-state index contributed by atoms with van der Waals surface area (Å²) < 4.78 is 5.17. The van der Waals surface area contributed by atoms with Crippen molar-refractivity contribution in [3.8, 4) is 0 Å². The van der Waals surface area contributed by atoms with Crippen molar-refractivity contribution in [2.75, 3.05) is 20.1 Å². The van der Waals surface area contributed by atoms with Crippen LogP contribution >= 0.6 is 0 Å². The lowest BCUT2D eigenvalue weighted by molar-refractivity contribution is 0.0714. The number of ether oxygens (including phenoxy) is 1. The summed E-state index contributed by atoms with van der Waals surface area (Å²) in [5.41, 5.74) is 5.71. The van der Waals surface area contributed by atoms with Crippen molar-refractivity contribution in [3.05, 3.63) is 0 Å². The SMILES string of the molecule is CC(CN)CCC(C)(C)CN(C)C(=O)OC(C)C. The summed E-state index contributed by atoms with van der Waals surface area (Å²) in [6, 6.07) is 0. The van der Waals surface area contributed by atoms with Crippen LogP contribution in [0.1, 0.15) is 47.5 Å². The Balaban J connectivity index is 4.17. The fourth-order valence-corrected chi connectivity index (χ4v) is 1.83. The van der Waals surface area contributed by atoms with E-state index in [1.807, 2.05) is 13.8 Å². The molecule has 0 bridgehead atoms. The molecule has 1 amide bonds. The largest absolute Gasteiger partial charge is 0.447 e. The highest BCUT2D eigenvalue weighted by Gasteiger charge is 2.24. The maximum Gasteiger partial charge on any atom is 0.409 e. The molecule has 0 fully saturated rings. The summed E-state index contributed by atoms with van der Waals surface area (Å²) in [7, 11) is 1.79. The number of rotatable bonds is 7. The van der Waals surface area contributed by atoms with Gasteiger partial charge in [-0.05, 0) is 44.6 Å². The Morgan fingerprint density at radius 3 is 2.33 bits per heavy atom. The molecule has 0 aliphatic heterocycles. The van der Waals surface area contributed by atoms with E-state index >= 15 is 0 Å². The molecule has 0 aliphatic carbocycles. The lowest BCUT2D eigenvalue weighted by Crippen LogP contribution is -2.37. The molecule has 0 aliphatic rings. The second kappa shape index (κ2) is 7.62. The van der Waals surface area contributed by atoms with Gasteiger partial charge in [0.2, 0.25) is 0 Å². The Kier molecular flexibility index (Phi) is 7.29. The van der Waals surface area contributed by atoms with Crippen LogP contribution in [0, 0.1) is 11.3 Å². The second-order valence-electron chi connectivity index (χ2n) is 6.33. The molecule has 0 radical (unpaired) electrons. The Morgan fingerprint density at radius 1 is 1.33 bits per heavy atom. The standard InChI is InChI=1S/C14H30N2O2/c1-11(2)18-13(17)16(6)10-14(4,5)8-7-12(3)9-15/h11-12H,7-10,15H2,1-6H3. The number of amides is 1. The third kappa shape index (κ3) is 7.54. The summed E-state index contributed by atoms with van der Waals surface area (Å²) in [6.07, 6.45) is 1.84. The smallest absolute Gasteiger partial charge is 0.409 e. The maximum atomic E-state index is 11.7. The first-order valence-corrected chi connectivity index (χ1v) is 6.79. The molecule has 0 heterocycles. The predicted octanol–water partition coefficient (Wildman–Crippen LogP) is 2.86. The average molecular weight is 258 g/mol. The van der Waals surface area contributed by atoms with Crippen molar-refractivity contribution in [2.45, 2.75) is 53.6 Å². The summed E-state index contributed by atoms with van der Waals surface area (Å²) in [5, 5.41) is 0. The van der Waals surface area contributed by atoms with E-state index in [1.54, 1.807) is 11.9 Å². The van der Waals surface area contributed by atoms with Gasteiger partial charge in [0, 0.05) is 13.6 Å². The molecule has 108 valence electrons. The summed E-state index contributed by atoms with van der Waals surface area (Å²) in [5.74, 6) is 0.539. The summed E-state index contributed by atoms with van der Waals surface area (Å²) in [6.45, 7) is 11.7. The first kappa shape index (κ1) is 17.2. The zero-order valence-electron chi connectivity index (χ0n) is 12.8. The highest BCUT2D eigenvalue weighted by molar-refractivity contribution is 5.67. The molecule has 4 heteroatoms. The van der Waals surface area contributed by atoms with Gasteiger partial charge < -0.3 is 15.4 Å². The van der Waals surface area contributed by atoms with Gasteiger partial charge in [-0.3, -0.25) is 0 Å². The average Bonchev–Trinajstić information content (AvgIpc) is 2.24. The minimum atomic E-state index is -0.245. The summed E-state index contributed by atoms with van der Waals surface area (Å²) >= 11 is 0. The Morgan fingerprint density at radius 2 is 1.89 bits per heavy atom. The van der Waals surface area contributed by atoms with Crippen molar-refractivity contribution in [1.82, 2.24) is 4.90 Å². The number of hydrogen-bond acceptors (Lipinski definition) is 3. The van der Waals surface area contributed by atoms with E-state index in [0.29, 0.717) is 12.5 Å². The molecule has 0 spiro atoms. The number of nitrogens with two attached hydrogens (primary N) is 1. The van der Waals surface area contributed by atoms with Crippen LogP contribution in [0.2, 0.25) is 0 Å². The summed E-state index contributed by atoms with van der Waals surface area (Å²) in [4.78, 5) is 13.4. The van der Waals surface area contributed by atoms with Crippen LogP contribution in [0.3, 0.4) is 0 Å². The first-order chi connectivity index (χ1) is 8.18. The molecule has 1 atom stereocenters. The molecule has 1 unspecified atom stereocenters. The van der Waals surface area contributed by atoms with E-state index in [-0.39, 0.29) is 17.6 Å². The molecule has 18 heavy (non-hydrogen) atoms. The Labute approximate surface area is 112 Å². The zero-order chi connectivity index (χ0) is 14.3. The zero-order valence-corrected chi connectivity index (χ0v) is 12.8. The highest BCUT2D eigenvalue weighted by Crippen LogP contribution is 2.25. The van der Waals surface area contributed by atoms with Crippen LogP contribution in [0.4, 0.5) is 4.79 Å². The fraction of sp³-hybridized carbons (Fsp3) is 0.929. The van der Waals surface area contributed by atoms with Gasteiger partial charge in [0.1, 0.15) is 0 Å². The van der Waals surface area contributed by atoms with Crippen molar-refractivity contribution < 1.29 is 9.53 Å². The minimum Gasteiger partial charge on any atom is -0.447 e. The number of nitrogens with zero attached hydrogens (tertiary/aromatic N) is 1. The normalized spacial score (nSPS) is 13.6. The molecule has 0 saturated heterocycles. The molecule has 0 rings (SSSR count). The Bertz CT molecular complexity index is 252. The first-order valence-electron chi connectivity index (χ1n) is 6.79. The van der Waals surface area contributed by atoms with E-state index in [9.17, 15) is 4.79 Å². The van der Waals surface area contributed by atoms with Crippen LogP contribution in [0.15, 0.2) is 0 Å². The molecule has 4 nitrogen and oxygen atoms in total. The fourth-order valence-electron chi connectivity index (χ4n) is 1.83. The van der Waals surface area contributed by atoms with Crippen LogP contribution in [0.25, 0.3) is 0 Å². The number of carbonyl (C=O) groups excluding carboxylic acids is 1. The Hall–Kier alpha value is -0.770. The van der Waals surface area contributed by atoms with Crippen LogP contribution in [-0.2, 0) is 4.74 Å². The molecule has 0 saturated carbocycles. The van der Waals surface area contributed by atoms with E-state index in [0.717, 1.165) is 19.4 Å². The van der Waals surface area contributed by atoms with Gasteiger partial charge >= 0.3 is 6.09 Å². The predicted molar refractivity (Wildman–Crippen MR) is 75.5 cm³/mol. The van der Waals surface area contributed by atoms with Crippen LogP contribution in [0.5, 0.6) is 0 Å². The van der Waals surface area contributed by atoms with E-state index in [4.69, 9.17) is 10.5 Å². The lowest BCUT2D eigenvalue weighted by atomic mass is 9.84. The molecule has 0 aromatic carbocycles. The monoisotopic (exact) mass is 258 g/mol. The van der Waals surface area contributed by atoms with Crippen molar-refractivity contribution in [2.24, 2.45) is 17.1 Å². The number of carbonyl (C=O) groups is 1. The van der Waals surface area contributed by atoms with Crippen LogP contribution < -0.4 is 5.73 Å². The maximum absolute atomic E-state index is 11.7. The highest BCUT2D eigenvalue weighted by atomic mass is 16.6. The molecule has 2 N–H and O–H groups in total. The quantitative estimate of drug-likeness (QED) is 0.764. The second-order valence-corrected chi connectivity index (χ2v) is 6.33. The lowest BCUT2D eigenvalue weighted by Gasteiger charge is -2.31. The topological polar surface area (TPSA) is 55.6 Å². The van der Waals surface area contributed by atoms with Gasteiger partial charge in [0.15, 0.2) is 0 Å². The molecule has 0 aromatic rings. The van der Waals surface area contributed by atoms with E-state index in [2.05, 4.69) is 20.8 Å². The van der Waals surface area contributed by atoms with Gasteiger partial charge in [-0.1, -0.05) is 20.8 Å². The van der Waals surface area contributed by atoms with Crippen molar-refractivity contribution in [3.63, 3.8) is 0 Å². The minimum absolute atomic E-state index is 0.0691. The van der Waals surface area contributed by atoms with Gasteiger partial charge in [-0.2, -0.15) is 0 Å². The van der Waals surface area contributed by atoms with Crippen molar-refractivity contribution >= 4 is 6.09 Å². The van der Waals surface area contributed by atoms with E-state index < -0.39 is 0 Å². The number of hydrogen-bond donors (Lipinski definition) is 1. The molecular formula is C14H30N2O2. The molecular weight excluding hydrogens is 228 g/mol.